The Balaban J connectivity index is 1.93. The monoisotopic (exact) mass is 310 g/mol. The van der Waals surface area contributed by atoms with E-state index in [1.54, 1.807) is 0 Å². The maximum Gasteiger partial charge on any atom is 0.406 e. The van der Waals surface area contributed by atoms with Crippen LogP contribution in [0.5, 0.6) is 0 Å². The van der Waals surface area contributed by atoms with E-state index in [4.69, 9.17) is 9.84 Å². The van der Waals surface area contributed by atoms with Crippen LogP contribution >= 0.6 is 0 Å². The maximum atomic E-state index is 13.0. The molecular formula is C12H17F3N2O4. The topological polar surface area (TPSA) is 78.9 Å². The van der Waals surface area contributed by atoms with Crippen LogP contribution in [0.2, 0.25) is 0 Å². The summed E-state index contributed by atoms with van der Waals surface area (Å²) in [6, 6.07) is -0.658. The molecule has 2 unspecified atom stereocenters. The molecular weight excluding hydrogens is 293 g/mol. The van der Waals surface area contributed by atoms with Crippen LogP contribution in [-0.2, 0) is 9.53 Å². The first-order valence-corrected chi connectivity index (χ1v) is 6.67. The minimum absolute atomic E-state index is 0.156. The molecule has 2 atom stereocenters. The molecule has 9 heteroatoms. The van der Waals surface area contributed by atoms with Crippen LogP contribution in [0.15, 0.2) is 0 Å². The number of carboxylic acids is 1. The molecule has 0 spiro atoms. The van der Waals surface area contributed by atoms with Gasteiger partial charge in [0.15, 0.2) is 5.41 Å². The SMILES string of the molecule is O=C(NCC1CCOC1)N1CCC(C(=O)O)(C(F)(F)F)C1. The molecule has 120 valence electrons. The van der Waals surface area contributed by atoms with Crippen molar-refractivity contribution in [3.8, 4) is 0 Å². The van der Waals surface area contributed by atoms with Gasteiger partial charge in [-0.2, -0.15) is 13.2 Å². The Hall–Kier alpha value is -1.51. The zero-order valence-corrected chi connectivity index (χ0v) is 11.3. The Morgan fingerprint density at radius 2 is 2.14 bits per heavy atom. The van der Waals surface area contributed by atoms with E-state index in [0.717, 1.165) is 11.3 Å². The van der Waals surface area contributed by atoms with Gasteiger partial charge in [-0.3, -0.25) is 4.79 Å². The van der Waals surface area contributed by atoms with E-state index in [9.17, 15) is 22.8 Å². The van der Waals surface area contributed by atoms with Crippen molar-refractivity contribution in [2.75, 3.05) is 32.8 Å². The average Bonchev–Trinajstić information content (AvgIpc) is 3.04. The van der Waals surface area contributed by atoms with Crippen LogP contribution in [0.1, 0.15) is 12.8 Å². The van der Waals surface area contributed by atoms with Crippen molar-refractivity contribution in [1.82, 2.24) is 10.2 Å². The summed E-state index contributed by atoms with van der Waals surface area (Å²) < 4.78 is 44.1. The number of amides is 2. The first-order chi connectivity index (χ1) is 9.76. The van der Waals surface area contributed by atoms with Gasteiger partial charge in [-0.1, -0.05) is 0 Å². The van der Waals surface area contributed by atoms with Crippen molar-refractivity contribution in [1.29, 1.82) is 0 Å². The highest BCUT2D eigenvalue weighted by atomic mass is 19.4. The molecule has 2 fully saturated rings. The van der Waals surface area contributed by atoms with Crippen LogP contribution in [0.25, 0.3) is 0 Å². The van der Waals surface area contributed by atoms with Gasteiger partial charge >= 0.3 is 18.2 Å². The number of carbonyl (C=O) groups is 2. The predicted molar refractivity (Wildman–Crippen MR) is 64.6 cm³/mol. The maximum absolute atomic E-state index is 13.0. The smallest absolute Gasteiger partial charge is 0.406 e. The van der Waals surface area contributed by atoms with Crippen LogP contribution in [-0.4, -0.2) is 61.0 Å². The van der Waals surface area contributed by atoms with Gasteiger partial charge in [0.25, 0.3) is 0 Å². The van der Waals surface area contributed by atoms with Gasteiger partial charge in [-0.05, 0) is 12.8 Å². The quantitative estimate of drug-likeness (QED) is 0.817. The summed E-state index contributed by atoms with van der Waals surface area (Å²) in [6.45, 7) is 0.376. The molecule has 0 aliphatic carbocycles. The molecule has 2 aliphatic heterocycles. The van der Waals surface area contributed by atoms with Crippen LogP contribution in [0.3, 0.4) is 0 Å². The molecule has 6 nitrogen and oxygen atoms in total. The van der Waals surface area contributed by atoms with E-state index in [1.807, 2.05) is 0 Å². The number of nitrogens with zero attached hydrogens (tertiary/aromatic N) is 1. The Kier molecular flexibility index (Phi) is 4.31. The first-order valence-electron chi connectivity index (χ1n) is 6.67. The van der Waals surface area contributed by atoms with E-state index in [0.29, 0.717) is 19.8 Å². The van der Waals surface area contributed by atoms with Crippen LogP contribution in [0, 0.1) is 11.3 Å². The molecule has 0 aromatic heterocycles. The zero-order chi connectivity index (χ0) is 15.7. The van der Waals surface area contributed by atoms with Gasteiger partial charge in [0, 0.05) is 32.2 Å². The number of halogens is 3. The van der Waals surface area contributed by atoms with Gasteiger partial charge in [0.2, 0.25) is 0 Å². The lowest BCUT2D eigenvalue weighted by molar-refractivity contribution is -0.226. The van der Waals surface area contributed by atoms with Gasteiger partial charge in [-0.25, -0.2) is 4.79 Å². The summed E-state index contributed by atoms with van der Waals surface area (Å²) in [7, 11) is 0. The van der Waals surface area contributed by atoms with Crippen LogP contribution < -0.4 is 5.32 Å². The number of carbonyl (C=O) groups excluding carboxylic acids is 1. The highest BCUT2D eigenvalue weighted by Crippen LogP contribution is 2.45. The number of likely N-dealkylation sites (tertiary alicyclic amines) is 1. The Morgan fingerprint density at radius 1 is 1.43 bits per heavy atom. The predicted octanol–water partition coefficient (Wildman–Crippen LogP) is 1.07. The van der Waals surface area contributed by atoms with E-state index in [1.165, 1.54) is 0 Å². The molecule has 0 saturated carbocycles. The van der Waals surface area contributed by atoms with Crippen molar-refractivity contribution in [2.45, 2.75) is 19.0 Å². The molecule has 21 heavy (non-hydrogen) atoms. The third kappa shape index (κ3) is 3.07. The molecule has 2 amide bonds. The lowest BCUT2D eigenvalue weighted by Gasteiger charge is -2.27. The number of ether oxygens (including phenoxy) is 1. The Labute approximate surface area is 119 Å². The fourth-order valence-corrected chi connectivity index (χ4v) is 2.60. The molecule has 0 bridgehead atoms. The third-order valence-corrected chi connectivity index (χ3v) is 4.07. The summed E-state index contributed by atoms with van der Waals surface area (Å²) in [5, 5.41) is 11.4. The summed E-state index contributed by atoms with van der Waals surface area (Å²) in [4.78, 5) is 23.8. The largest absolute Gasteiger partial charge is 0.481 e. The molecule has 2 aliphatic rings. The van der Waals surface area contributed by atoms with Gasteiger partial charge in [-0.15, -0.1) is 0 Å². The first kappa shape index (κ1) is 15.9. The molecule has 2 heterocycles. The highest BCUT2D eigenvalue weighted by Gasteiger charge is 2.64. The molecule has 0 aromatic rings. The van der Waals surface area contributed by atoms with E-state index < -0.39 is 36.6 Å². The highest BCUT2D eigenvalue weighted by molar-refractivity contribution is 5.80. The lowest BCUT2D eigenvalue weighted by atomic mass is 9.86. The summed E-state index contributed by atoms with van der Waals surface area (Å²) >= 11 is 0. The standard InChI is InChI=1S/C12H17F3N2O4/c13-12(14,15)11(9(18)19)2-3-17(7-11)10(20)16-5-8-1-4-21-6-8/h8H,1-7H2,(H,16,20)(H,18,19). The Morgan fingerprint density at radius 3 is 2.62 bits per heavy atom. The van der Waals surface area contributed by atoms with E-state index in [-0.39, 0.29) is 12.5 Å². The number of carboxylic acid groups (broad SMARTS) is 1. The summed E-state index contributed by atoms with van der Waals surface area (Å²) in [5.41, 5.74) is -2.86. The minimum Gasteiger partial charge on any atom is -0.481 e. The van der Waals surface area contributed by atoms with Crippen molar-refractivity contribution in [2.24, 2.45) is 11.3 Å². The van der Waals surface area contributed by atoms with Gasteiger partial charge < -0.3 is 20.1 Å². The number of alkyl halides is 3. The lowest BCUT2D eigenvalue weighted by Crippen LogP contribution is -2.49. The molecule has 0 radical (unpaired) electrons. The normalized spacial score (nSPS) is 29.7. The van der Waals surface area contributed by atoms with Gasteiger partial charge in [0.1, 0.15) is 0 Å². The zero-order valence-electron chi connectivity index (χ0n) is 11.3. The second kappa shape index (κ2) is 5.70. The number of urea groups is 1. The fourth-order valence-electron chi connectivity index (χ4n) is 2.60. The second-order valence-corrected chi connectivity index (χ2v) is 5.47. The molecule has 2 N–H and O–H groups in total. The number of hydrogen-bond donors (Lipinski definition) is 2. The second-order valence-electron chi connectivity index (χ2n) is 5.47. The number of aliphatic carboxylic acids is 1. The Bertz CT molecular complexity index is 423. The summed E-state index contributed by atoms with van der Waals surface area (Å²) in [5.74, 6) is -1.78. The van der Waals surface area contributed by atoms with Crippen molar-refractivity contribution in [3.05, 3.63) is 0 Å². The number of rotatable bonds is 3. The third-order valence-electron chi connectivity index (χ3n) is 4.07. The average molecular weight is 310 g/mol. The van der Waals surface area contributed by atoms with Gasteiger partial charge in [0.05, 0.1) is 6.61 Å². The van der Waals surface area contributed by atoms with Crippen molar-refractivity contribution < 1.29 is 32.6 Å². The van der Waals surface area contributed by atoms with Crippen molar-refractivity contribution in [3.63, 3.8) is 0 Å². The number of hydrogen-bond acceptors (Lipinski definition) is 3. The molecule has 0 aromatic carbocycles. The van der Waals surface area contributed by atoms with Crippen molar-refractivity contribution >= 4 is 12.0 Å². The van der Waals surface area contributed by atoms with E-state index in [2.05, 4.69) is 5.32 Å². The summed E-state index contributed by atoms with van der Waals surface area (Å²) in [6.07, 6.45) is -4.71. The fraction of sp³-hybridized carbons (Fsp3) is 0.833. The number of nitrogens with one attached hydrogen (secondary N) is 1. The minimum atomic E-state index is -4.88. The molecule has 2 rings (SSSR count). The molecule has 2 saturated heterocycles. The van der Waals surface area contributed by atoms with E-state index >= 15 is 0 Å². The van der Waals surface area contributed by atoms with Crippen LogP contribution in [0.4, 0.5) is 18.0 Å².